The summed E-state index contributed by atoms with van der Waals surface area (Å²) in [6.07, 6.45) is 5.30. The molecule has 6 nitrogen and oxygen atoms in total. The van der Waals surface area contributed by atoms with Crippen LogP contribution in [0.3, 0.4) is 0 Å². The third kappa shape index (κ3) is 2.73. The normalized spacial score (nSPS) is 15.4. The van der Waals surface area contributed by atoms with Gasteiger partial charge in [-0.25, -0.2) is 9.50 Å². The van der Waals surface area contributed by atoms with Crippen molar-refractivity contribution in [3.63, 3.8) is 0 Å². The largest absolute Gasteiger partial charge is 0.356 e. The minimum atomic E-state index is -0.160. The molecule has 1 saturated carbocycles. The molecule has 0 atom stereocenters. The Bertz CT molecular complexity index is 1130. The zero-order chi connectivity index (χ0) is 19.1. The lowest BCUT2D eigenvalue weighted by molar-refractivity contribution is 0.253. The maximum Gasteiger partial charge on any atom is 0.254 e. The molecule has 3 N–H and O–H groups in total. The van der Waals surface area contributed by atoms with Gasteiger partial charge >= 0.3 is 0 Å². The monoisotopic (exact) mass is 370 g/mol. The first kappa shape index (κ1) is 16.9. The predicted octanol–water partition coefficient (Wildman–Crippen LogP) is 3.84. The second-order valence-electron chi connectivity index (χ2n) is 7.39. The molecule has 5 rings (SSSR count). The molecule has 0 aliphatic heterocycles. The van der Waals surface area contributed by atoms with Gasteiger partial charge in [-0.15, -0.1) is 5.10 Å². The topological polar surface area (TPSA) is 81.1 Å². The first-order valence-electron chi connectivity index (χ1n) is 9.57. The number of hydrogen-bond donors (Lipinski definition) is 2. The van der Waals surface area contributed by atoms with E-state index in [1.54, 1.807) is 11.6 Å². The summed E-state index contributed by atoms with van der Waals surface area (Å²) in [6.45, 7) is 0. The third-order valence-corrected chi connectivity index (χ3v) is 5.62. The Hall–Kier alpha value is -3.25. The number of aromatic nitrogens is 4. The Labute approximate surface area is 163 Å². The molecule has 140 valence electrons. The Morgan fingerprint density at radius 3 is 2.36 bits per heavy atom. The fourth-order valence-corrected chi connectivity index (χ4v) is 3.78. The molecule has 1 aliphatic rings. The minimum Gasteiger partial charge on any atom is -0.356 e. The van der Waals surface area contributed by atoms with Crippen molar-refractivity contribution in [3.8, 4) is 22.4 Å². The van der Waals surface area contributed by atoms with Gasteiger partial charge in [-0.3, -0.25) is 0 Å². The van der Waals surface area contributed by atoms with Crippen LogP contribution in [0.1, 0.15) is 24.8 Å². The first-order chi connectivity index (χ1) is 13.7. The van der Waals surface area contributed by atoms with Gasteiger partial charge in [0.2, 0.25) is 5.95 Å². The van der Waals surface area contributed by atoms with Gasteiger partial charge in [0.15, 0.2) is 0 Å². The van der Waals surface area contributed by atoms with Crippen LogP contribution in [0.4, 0.5) is 5.95 Å². The first-order valence-corrected chi connectivity index (χ1v) is 9.57. The van der Waals surface area contributed by atoms with Crippen LogP contribution >= 0.6 is 0 Å². The van der Waals surface area contributed by atoms with Crippen molar-refractivity contribution in [3.05, 3.63) is 66.4 Å². The Balaban J connectivity index is 1.66. The Morgan fingerprint density at radius 2 is 1.71 bits per heavy atom. The number of nitrogens with zero attached hydrogens (tertiary/aromatic N) is 4. The maximum atomic E-state index is 6.48. The highest BCUT2D eigenvalue weighted by Crippen LogP contribution is 2.39. The number of anilines is 1. The molecule has 2 aromatic carbocycles. The maximum absolute atomic E-state index is 6.48. The van der Waals surface area contributed by atoms with Gasteiger partial charge in [-0.1, -0.05) is 54.6 Å². The van der Waals surface area contributed by atoms with Crippen molar-refractivity contribution in [1.29, 1.82) is 0 Å². The molecular formula is C22H22N6. The fraction of sp³-hybridized carbons (Fsp3) is 0.227. The van der Waals surface area contributed by atoms with Crippen LogP contribution < -0.4 is 11.1 Å². The number of fused-ring (bicyclic) bond motifs is 1. The number of hydrogen-bond acceptors (Lipinski definition) is 5. The molecule has 0 unspecified atom stereocenters. The highest BCUT2D eigenvalue weighted by Gasteiger charge is 2.34. The van der Waals surface area contributed by atoms with Crippen LogP contribution in [-0.4, -0.2) is 26.6 Å². The van der Waals surface area contributed by atoms with Gasteiger partial charge in [0.05, 0.1) is 5.69 Å². The molecular weight excluding hydrogens is 348 g/mol. The van der Waals surface area contributed by atoms with Gasteiger partial charge in [0.1, 0.15) is 0 Å². The average Bonchev–Trinajstić information content (AvgIpc) is 3.14. The zero-order valence-electron chi connectivity index (χ0n) is 15.8. The molecule has 0 bridgehead atoms. The van der Waals surface area contributed by atoms with E-state index in [9.17, 15) is 0 Å². The lowest BCUT2D eigenvalue weighted by Crippen LogP contribution is -2.43. The lowest BCUT2D eigenvalue weighted by atomic mass is 9.72. The van der Waals surface area contributed by atoms with E-state index in [4.69, 9.17) is 10.7 Å². The summed E-state index contributed by atoms with van der Waals surface area (Å²) in [4.78, 5) is 9.28. The van der Waals surface area contributed by atoms with E-state index < -0.39 is 0 Å². The Kier molecular flexibility index (Phi) is 3.87. The summed E-state index contributed by atoms with van der Waals surface area (Å²) in [5.41, 5.74) is 11.6. The SMILES string of the molecule is CNc1nc2nc(-c3ccc(C4(N)CCC4)cc3)c(-c3ccccc3)cn2n1. The van der Waals surface area contributed by atoms with Crippen molar-refractivity contribution >= 4 is 11.7 Å². The molecule has 0 spiro atoms. The highest BCUT2D eigenvalue weighted by atomic mass is 15.4. The van der Waals surface area contributed by atoms with E-state index in [-0.39, 0.29) is 5.54 Å². The standard InChI is InChI=1S/C22H22N6/c1-24-20-26-21-25-19(16-8-10-17(11-9-16)22(23)12-5-13-22)18(14-28(21)27-20)15-6-3-2-4-7-15/h2-4,6-11,14H,5,12-13,23H2,1H3,(H,24,27). The second-order valence-corrected chi connectivity index (χ2v) is 7.39. The summed E-state index contributed by atoms with van der Waals surface area (Å²) in [5.74, 6) is 1.12. The quantitative estimate of drug-likeness (QED) is 0.570. The molecule has 2 heterocycles. The van der Waals surface area contributed by atoms with Gasteiger partial charge in [0.25, 0.3) is 5.78 Å². The predicted molar refractivity (Wildman–Crippen MR) is 111 cm³/mol. The number of rotatable bonds is 4. The van der Waals surface area contributed by atoms with Crippen molar-refractivity contribution in [2.24, 2.45) is 5.73 Å². The van der Waals surface area contributed by atoms with Crippen LogP contribution in [0.15, 0.2) is 60.8 Å². The van der Waals surface area contributed by atoms with Gasteiger partial charge in [-0.2, -0.15) is 4.98 Å². The Morgan fingerprint density at radius 1 is 0.964 bits per heavy atom. The summed E-state index contributed by atoms with van der Waals surface area (Å²) in [7, 11) is 1.80. The summed E-state index contributed by atoms with van der Waals surface area (Å²) < 4.78 is 1.72. The van der Waals surface area contributed by atoms with E-state index in [1.807, 2.05) is 24.4 Å². The number of benzene rings is 2. The van der Waals surface area contributed by atoms with E-state index in [1.165, 1.54) is 12.0 Å². The average molecular weight is 370 g/mol. The van der Waals surface area contributed by atoms with Crippen molar-refractivity contribution in [1.82, 2.24) is 19.6 Å². The highest BCUT2D eigenvalue weighted by molar-refractivity contribution is 5.81. The zero-order valence-corrected chi connectivity index (χ0v) is 15.8. The molecule has 6 heteroatoms. The van der Waals surface area contributed by atoms with Crippen LogP contribution in [0.2, 0.25) is 0 Å². The molecule has 0 saturated heterocycles. The molecule has 28 heavy (non-hydrogen) atoms. The van der Waals surface area contributed by atoms with Gasteiger partial charge in [0, 0.05) is 29.9 Å². The van der Waals surface area contributed by atoms with Crippen molar-refractivity contribution in [2.75, 3.05) is 12.4 Å². The van der Waals surface area contributed by atoms with E-state index in [2.05, 4.69) is 51.8 Å². The minimum absolute atomic E-state index is 0.160. The van der Waals surface area contributed by atoms with Crippen molar-refractivity contribution < 1.29 is 0 Å². The number of nitrogens with one attached hydrogen (secondary N) is 1. The summed E-state index contributed by atoms with van der Waals surface area (Å²) in [5, 5.41) is 7.41. The summed E-state index contributed by atoms with van der Waals surface area (Å²) in [6, 6.07) is 18.7. The second kappa shape index (κ2) is 6.42. The van der Waals surface area contributed by atoms with E-state index >= 15 is 0 Å². The molecule has 1 aliphatic carbocycles. The van der Waals surface area contributed by atoms with Crippen LogP contribution in [0, 0.1) is 0 Å². The smallest absolute Gasteiger partial charge is 0.254 e. The van der Waals surface area contributed by atoms with E-state index in [0.717, 1.165) is 35.2 Å². The van der Waals surface area contributed by atoms with Crippen LogP contribution in [0.5, 0.6) is 0 Å². The van der Waals surface area contributed by atoms with Crippen LogP contribution in [0.25, 0.3) is 28.2 Å². The molecule has 0 amide bonds. The summed E-state index contributed by atoms with van der Waals surface area (Å²) >= 11 is 0. The lowest BCUT2D eigenvalue weighted by Gasteiger charge is -2.38. The van der Waals surface area contributed by atoms with Crippen molar-refractivity contribution in [2.45, 2.75) is 24.8 Å². The third-order valence-electron chi connectivity index (χ3n) is 5.62. The molecule has 1 fully saturated rings. The van der Waals surface area contributed by atoms with Crippen LogP contribution in [-0.2, 0) is 5.54 Å². The molecule has 2 aromatic heterocycles. The number of nitrogens with two attached hydrogens (primary N) is 1. The molecule has 0 radical (unpaired) electrons. The van der Waals surface area contributed by atoms with Gasteiger partial charge < -0.3 is 11.1 Å². The van der Waals surface area contributed by atoms with Gasteiger partial charge in [-0.05, 0) is 30.4 Å². The molecule has 4 aromatic rings. The van der Waals surface area contributed by atoms with E-state index in [0.29, 0.717) is 11.7 Å². The fourth-order valence-electron chi connectivity index (χ4n) is 3.78.